The van der Waals surface area contributed by atoms with Gasteiger partial charge in [-0.2, -0.15) is 0 Å². The molecule has 0 radical (unpaired) electrons. The van der Waals surface area contributed by atoms with Crippen molar-refractivity contribution in [2.24, 2.45) is 5.92 Å². The van der Waals surface area contributed by atoms with Crippen LogP contribution in [0.4, 0.5) is 5.69 Å². The van der Waals surface area contributed by atoms with E-state index < -0.39 is 5.97 Å². The number of H-pyrrole nitrogens is 1. The Kier molecular flexibility index (Phi) is 3.21. The van der Waals surface area contributed by atoms with Crippen molar-refractivity contribution >= 4 is 17.6 Å². The standard InChI is InChI=1S/C15H15N3O3/c1-9-6-10-4-2-3-5-11(10)18(7-9)14(19)12-13(15(20)21)17-8-16-12/h2-5,8-9H,6-7H2,1H3,(H,16,17)(H,20,21). The van der Waals surface area contributed by atoms with E-state index in [4.69, 9.17) is 5.11 Å². The van der Waals surface area contributed by atoms with Gasteiger partial charge in [-0.05, 0) is 24.0 Å². The third-order valence-corrected chi connectivity index (χ3v) is 3.65. The maximum atomic E-state index is 12.7. The lowest BCUT2D eigenvalue weighted by atomic mass is 9.93. The first-order valence-corrected chi connectivity index (χ1v) is 6.74. The Morgan fingerprint density at radius 3 is 2.90 bits per heavy atom. The molecule has 1 aliphatic heterocycles. The minimum Gasteiger partial charge on any atom is -0.477 e. The molecule has 0 saturated heterocycles. The summed E-state index contributed by atoms with van der Waals surface area (Å²) < 4.78 is 0. The van der Waals surface area contributed by atoms with Crippen molar-refractivity contribution in [2.45, 2.75) is 13.3 Å². The van der Waals surface area contributed by atoms with E-state index in [1.807, 2.05) is 24.3 Å². The highest BCUT2D eigenvalue weighted by Crippen LogP contribution is 2.30. The molecule has 2 heterocycles. The summed E-state index contributed by atoms with van der Waals surface area (Å²) in [6, 6.07) is 7.69. The SMILES string of the molecule is CC1Cc2ccccc2N(C(=O)c2nc[nH]c2C(=O)O)C1. The molecule has 0 aliphatic carbocycles. The zero-order chi connectivity index (χ0) is 15.0. The van der Waals surface area contributed by atoms with Gasteiger partial charge in [-0.1, -0.05) is 25.1 Å². The van der Waals surface area contributed by atoms with Gasteiger partial charge in [0.2, 0.25) is 0 Å². The number of fused-ring (bicyclic) bond motifs is 1. The predicted octanol–water partition coefficient (Wildman–Crippen LogP) is 1.95. The van der Waals surface area contributed by atoms with Crippen LogP contribution in [0.5, 0.6) is 0 Å². The van der Waals surface area contributed by atoms with E-state index in [1.165, 1.54) is 6.33 Å². The fraction of sp³-hybridized carbons (Fsp3) is 0.267. The van der Waals surface area contributed by atoms with Crippen molar-refractivity contribution in [2.75, 3.05) is 11.4 Å². The lowest BCUT2D eigenvalue weighted by Crippen LogP contribution is -2.40. The second kappa shape index (κ2) is 5.05. The van der Waals surface area contributed by atoms with Gasteiger partial charge in [0.25, 0.3) is 5.91 Å². The largest absolute Gasteiger partial charge is 0.477 e. The third kappa shape index (κ3) is 2.29. The molecule has 6 heteroatoms. The van der Waals surface area contributed by atoms with Gasteiger partial charge in [0.1, 0.15) is 0 Å². The molecule has 6 nitrogen and oxygen atoms in total. The fourth-order valence-corrected chi connectivity index (χ4v) is 2.74. The number of aromatic amines is 1. The van der Waals surface area contributed by atoms with Crippen molar-refractivity contribution in [3.8, 4) is 0 Å². The number of imidazole rings is 1. The number of para-hydroxylation sites is 1. The second-order valence-corrected chi connectivity index (χ2v) is 5.29. The van der Waals surface area contributed by atoms with Gasteiger partial charge < -0.3 is 15.0 Å². The number of nitrogens with one attached hydrogen (secondary N) is 1. The first kappa shape index (κ1) is 13.4. The van der Waals surface area contributed by atoms with Gasteiger partial charge in [0.05, 0.1) is 6.33 Å². The molecule has 1 atom stereocenters. The summed E-state index contributed by atoms with van der Waals surface area (Å²) in [5, 5.41) is 9.11. The molecular weight excluding hydrogens is 270 g/mol. The Morgan fingerprint density at radius 1 is 1.38 bits per heavy atom. The van der Waals surface area contributed by atoms with Gasteiger partial charge in [-0.15, -0.1) is 0 Å². The van der Waals surface area contributed by atoms with Crippen LogP contribution in [0.2, 0.25) is 0 Å². The molecule has 108 valence electrons. The molecule has 2 aromatic rings. The smallest absolute Gasteiger partial charge is 0.354 e. The first-order valence-electron chi connectivity index (χ1n) is 6.74. The Hall–Kier alpha value is -2.63. The van der Waals surface area contributed by atoms with Crippen molar-refractivity contribution in [1.29, 1.82) is 0 Å². The van der Waals surface area contributed by atoms with Gasteiger partial charge in [-0.25, -0.2) is 9.78 Å². The molecular formula is C15H15N3O3. The number of hydrogen-bond donors (Lipinski definition) is 2. The van der Waals surface area contributed by atoms with Crippen LogP contribution in [0.15, 0.2) is 30.6 Å². The highest BCUT2D eigenvalue weighted by Gasteiger charge is 2.30. The maximum absolute atomic E-state index is 12.7. The number of aromatic carboxylic acids is 1. The Bertz CT molecular complexity index is 708. The maximum Gasteiger partial charge on any atom is 0.354 e. The van der Waals surface area contributed by atoms with E-state index in [-0.39, 0.29) is 17.3 Å². The summed E-state index contributed by atoms with van der Waals surface area (Å²) in [4.78, 5) is 31.8. The van der Waals surface area contributed by atoms with E-state index >= 15 is 0 Å². The van der Waals surface area contributed by atoms with E-state index in [0.29, 0.717) is 12.5 Å². The van der Waals surface area contributed by atoms with E-state index in [1.54, 1.807) is 4.90 Å². The van der Waals surface area contributed by atoms with Crippen LogP contribution >= 0.6 is 0 Å². The molecule has 3 rings (SSSR count). The van der Waals surface area contributed by atoms with Crippen molar-refractivity contribution < 1.29 is 14.7 Å². The molecule has 21 heavy (non-hydrogen) atoms. The summed E-state index contributed by atoms with van der Waals surface area (Å²) in [7, 11) is 0. The molecule has 1 aromatic heterocycles. The van der Waals surface area contributed by atoms with Crippen LogP contribution in [0, 0.1) is 5.92 Å². The molecule has 1 amide bonds. The molecule has 1 aromatic carbocycles. The number of carbonyl (C=O) groups excluding carboxylic acids is 1. The Labute approximate surface area is 121 Å². The lowest BCUT2D eigenvalue weighted by Gasteiger charge is -2.32. The van der Waals surface area contributed by atoms with Gasteiger partial charge in [0.15, 0.2) is 11.4 Å². The van der Waals surface area contributed by atoms with Crippen LogP contribution in [-0.2, 0) is 6.42 Å². The van der Waals surface area contributed by atoms with E-state index in [9.17, 15) is 9.59 Å². The zero-order valence-corrected chi connectivity index (χ0v) is 11.5. The molecule has 1 aliphatic rings. The number of aromatic nitrogens is 2. The van der Waals surface area contributed by atoms with Crippen LogP contribution in [-0.4, -0.2) is 33.5 Å². The Balaban J connectivity index is 2.02. The number of benzene rings is 1. The van der Waals surface area contributed by atoms with Gasteiger partial charge in [-0.3, -0.25) is 4.79 Å². The number of hydrogen-bond acceptors (Lipinski definition) is 3. The monoisotopic (exact) mass is 285 g/mol. The third-order valence-electron chi connectivity index (χ3n) is 3.65. The summed E-state index contributed by atoms with van der Waals surface area (Å²) in [6.07, 6.45) is 2.14. The summed E-state index contributed by atoms with van der Waals surface area (Å²) in [5.74, 6) is -1.25. The second-order valence-electron chi connectivity index (χ2n) is 5.29. The quantitative estimate of drug-likeness (QED) is 0.883. The molecule has 0 bridgehead atoms. The first-order chi connectivity index (χ1) is 10.1. The fourth-order valence-electron chi connectivity index (χ4n) is 2.74. The lowest BCUT2D eigenvalue weighted by molar-refractivity contribution is 0.0686. The zero-order valence-electron chi connectivity index (χ0n) is 11.5. The molecule has 0 fully saturated rings. The van der Waals surface area contributed by atoms with Crippen molar-refractivity contribution in [3.63, 3.8) is 0 Å². The van der Waals surface area contributed by atoms with Gasteiger partial charge >= 0.3 is 5.97 Å². The van der Waals surface area contributed by atoms with Crippen LogP contribution in [0.25, 0.3) is 0 Å². The number of carboxylic acids is 1. The number of nitrogens with zero attached hydrogens (tertiary/aromatic N) is 2. The number of carbonyl (C=O) groups is 2. The molecule has 0 spiro atoms. The molecule has 1 unspecified atom stereocenters. The normalized spacial score (nSPS) is 17.4. The van der Waals surface area contributed by atoms with E-state index in [0.717, 1.165) is 17.7 Å². The topological polar surface area (TPSA) is 86.3 Å². The van der Waals surface area contributed by atoms with Crippen LogP contribution < -0.4 is 4.90 Å². The van der Waals surface area contributed by atoms with Crippen LogP contribution in [0.1, 0.15) is 33.5 Å². The highest BCUT2D eigenvalue weighted by atomic mass is 16.4. The molecule has 2 N–H and O–H groups in total. The average molecular weight is 285 g/mol. The van der Waals surface area contributed by atoms with Crippen molar-refractivity contribution in [1.82, 2.24) is 9.97 Å². The van der Waals surface area contributed by atoms with Crippen LogP contribution in [0.3, 0.4) is 0 Å². The minimum absolute atomic E-state index is 0.0496. The number of amides is 1. The van der Waals surface area contributed by atoms with E-state index in [2.05, 4.69) is 16.9 Å². The highest BCUT2D eigenvalue weighted by molar-refractivity contribution is 6.10. The molecule has 0 saturated carbocycles. The summed E-state index contributed by atoms with van der Waals surface area (Å²) in [6.45, 7) is 2.63. The average Bonchev–Trinajstić information content (AvgIpc) is 2.95. The summed E-state index contributed by atoms with van der Waals surface area (Å²) >= 11 is 0. The predicted molar refractivity (Wildman–Crippen MR) is 76.5 cm³/mol. The Morgan fingerprint density at radius 2 is 2.14 bits per heavy atom. The number of carboxylic acid groups (broad SMARTS) is 1. The number of anilines is 1. The summed E-state index contributed by atoms with van der Waals surface area (Å²) in [5.41, 5.74) is 1.71. The minimum atomic E-state index is -1.19. The number of rotatable bonds is 2. The van der Waals surface area contributed by atoms with Crippen molar-refractivity contribution in [3.05, 3.63) is 47.5 Å². The van der Waals surface area contributed by atoms with Gasteiger partial charge in [0, 0.05) is 12.2 Å².